The van der Waals surface area contributed by atoms with Crippen LogP contribution < -0.4 is 15.4 Å². The zero-order chi connectivity index (χ0) is 16.7. The van der Waals surface area contributed by atoms with E-state index in [2.05, 4.69) is 15.4 Å². The number of rotatable bonds is 9. The number of sulfone groups is 1. The van der Waals surface area contributed by atoms with Gasteiger partial charge < -0.3 is 15.7 Å². The summed E-state index contributed by atoms with van der Waals surface area (Å²) in [5, 5.41) is 13.1. The standard InChI is InChI=1S/C9H19N3O7S2/c1-10-21(18,19)6-4-11-9(15)12-7(8(13)14)3-5-20(2,16)17/h7,10H,3-6H2,1-2H3,(H,13,14)(H2,11,12,15). The van der Waals surface area contributed by atoms with Crippen LogP contribution in [-0.2, 0) is 24.7 Å². The quantitative estimate of drug-likeness (QED) is 0.366. The maximum atomic E-state index is 11.4. The van der Waals surface area contributed by atoms with Crippen molar-refractivity contribution in [1.82, 2.24) is 15.4 Å². The van der Waals surface area contributed by atoms with Gasteiger partial charge >= 0.3 is 12.0 Å². The summed E-state index contributed by atoms with van der Waals surface area (Å²) in [4.78, 5) is 22.3. The first-order valence-electron chi connectivity index (χ1n) is 5.83. The van der Waals surface area contributed by atoms with E-state index in [4.69, 9.17) is 5.11 Å². The van der Waals surface area contributed by atoms with Crippen molar-refractivity contribution >= 4 is 31.9 Å². The highest BCUT2D eigenvalue weighted by atomic mass is 32.2. The lowest BCUT2D eigenvalue weighted by atomic mass is 10.2. The molecule has 2 amide bonds. The van der Waals surface area contributed by atoms with Gasteiger partial charge in [-0.05, 0) is 13.5 Å². The summed E-state index contributed by atoms with van der Waals surface area (Å²) in [7, 11) is -5.61. The molecule has 124 valence electrons. The lowest BCUT2D eigenvalue weighted by Crippen LogP contribution is -2.47. The lowest BCUT2D eigenvalue weighted by molar-refractivity contribution is -0.139. The van der Waals surface area contributed by atoms with Gasteiger partial charge in [0.2, 0.25) is 10.0 Å². The van der Waals surface area contributed by atoms with Crippen molar-refractivity contribution in [2.45, 2.75) is 12.5 Å². The van der Waals surface area contributed by atoms with Gasteiger partial charge in [0.25, 0.3) is 0 Å². The number of amides is 2. The number of urea groups is 1. The van der Waals surface area contributed by atoms with Crippen LogP contribution >= 0.6 is 0 Å². The van der Waals surface area contributed by atoms with Crippen LogP contribution in [0, 0.1) is 0 Å². The molecule has 0 aliphatic carbocycles. The number of hydrogen-bond donors (Lipinski definition) is 4. The summed E-state index contributed by atoms with van der Waals surface area (Å²) >= 11 is 0. The van der Waals surface area contributed by atoms with Crippen molar-refractivity contribution in [2.24, 2.45) is 0 Å². The summed E-state index contributed by atoms with van der Waals surface area (Å²) in [6, 6.07) is -2.26. The van der Waals surface area contributed by atoms with Gasteiger partial charge in [0.05, 0.1) is 11.5 Å². The predicted molar refractivity (Wildman–Crippen MR) is 75.1 cm³/mol. The van der Waals surface area contributed by atoms with Gasteiger partial charge in [0.15, 0.2) is 0 Å². The number of nitrogens with one attached hydrogen (secondary N) is 3. The van der Waals surface area contributed by atoms with E-state index in [1.165, 1.54) is 7.05 Å². The van der Waals surface area contributed by atoms with Crippen molar-refractivity contribution in [2.75, 3.05) is 31.4 Å². The Kier molecular flexibility index (Phi) is 7.60. The first-order chi connectivity index (χ1) is 9.47. The number of aliphatic carboxylic acids is 1. The highest BCUT2D eigenvalue weighted by Gasteiger charge is 2.21. The van der Waals surface area contributed by atoms with Gasteiger partial charge in [-0.25, -0.2) is 31.1 Å². The molecular formula is C9H19N3O7S2. The number of carbonyl (C=O) groups excluding carboxylic acids is 1. The van der Waals surface area contributed by atoms with E-state index >= 15 is 0 Å². The largest absolute Gasteiger partial charge is 0.480 e. The molecule has 0 aliphatic rings. The lowest BCUT2D eigenvalue weighted by Gasteiger charge is -2.14. The Morgan fingerprint density at radius 3 is 2.14 bits per heavy atom. The molecule has 0 aromatic heterocycles. The van der Waals surface area contributed by atoms with Crippen molar-refractivity contribution in [3.63, 3.8) is 0 Å². The number of carboxylic acid groups (broad SMARTS) is 1. The first-order valence-corrected chi connectivity index (χ1v) is 9.54. The zero-order valence-electron chi connectivity index (χ0n) is 11.6. The van der Waals surface area contributed by atoms with Crippen LogP contribution in [0.25, 0.3) is 0 Å². The molecule has 0 saturated heterocycles. The van der Waals surface area contributed by atoms with Crippen molar-refractivity contribution < 1.29 is 31.5 Å². The van der Waals surface area contributed by atoms with E-state index < -0.39 is 43.7 Å². The topological polar surface area (TPSA) is 159 Å². The van der Waals surface area contributed by atoms with E-state index in [0.717, 1.165) is 6.26 Å². The Bertz CT molecular complexity index is 570. The summed E-state index contributed by atoms with van der Waals surface area (Å²) in [6.07, 6.45) is 0.672. The molecule has 0 rings (SSSR count). The van der Waals surface area contributed by atoms with Crippen LogP contribution in [0.1, 0.15) is 6.42 Å². The minimum Gasteiger partial charge on any atom is -0.480 e. The summed E-state index contributed by atoms with van der Waals surface area (Å²) < 4.78 is 46.1. The maximum Gasteiger partial charge on any atom is 0.326 e. The van der Waals surface area contributed by atoms with Crippen molar-refractivity contribution in [3.8, 4) is 0 Å². The second-order valence-electron chi connectivity index (χ2n) is 4.23. The number of carboxylic acids is 1. The van der Waals surface area contributed by atoms with Crippen LogP contribution in [0.4, 0.5) is 4.79 Å². The highest BCUT2D eigenvalue weighted by Crippen LogP contribution is 1.97. The Hall–Kier alpha value is -1.40. The monoisotopic (exact) mass is 345 g/mol. The van der Waals surface area contributed by atoms with Gasteiger partial charge in [-0.2, -0.15) is 0 Å². The molecule has 0 aliphatic heterocycles. The first kappa shape index (κ1) is 19.6. The van der Waals surface area contributed by atoms with Gasteiger partial charge in [0, 0.05) is 12.8 Å². The van der Waals surface area contributed by atoms with Gasteiger partial charge in [-0.1, -0.05) is 0 Å². The normalized spacial score (nSPS) is 13.4. The van der Waals surface area contributed by atoms with Crippen LogP contribution in [0.2, 0.25) is 0 Å². The average molecular weight is 345 g/mol. The minimum atomic E-state index is -3.48. The van der Waals surface area contributed by atoms with E-state index in [0.29, 0.717) is 0 Å². The summed E-state index contributed by atoms with van der Waals surface area (Å²) in [6.45, 7) is -0.215. The molecule has 10 nitrogen and oxygen atoms in total. The van der Waals surface area contributed by atoms with Gasteiger partial charge in [-0.3, -0.25) is 0 Å². The van der Waals surface area contributed by atoms with Crippen molar-refractivity contribution in [1.29, 1.82) is 0 Å². The Morgan fingerprint density at radius 1 is 1.14 bits per heavy atom. The van der Waals surface area contributed by atoms with E-state index in [-0.39, 0.29) is 18.7 Å². The van der Waals surface area contributed by atoms with Crippen LogP contribution in [0.5, 0.6) is 0 Å². The van der Waals surface area contributed by atoms with Gasteiger partial charge in [-0.15, -0.1) is 0 Å². The molecule has 0 aromatic carbocycles. The molecular weight excluding hydrogens is 326 g/mol. The Balaban J connectivity index is 4.33. The molecule has 21 heavy (non-hydrogen) atoms. The summed E-state index contributed by atoms with van der Waals surface area (Å²) in [5.74, 6) is -2.13. The molecule has 12 heteroatoms. The molecule has 0 fully saturated rings. The van der Waals surface area contributed by atoms with E-state index in [1.807, 2.05) is 0 Å². The fourth-order valence-corrected chi connectivity index (χ4v) is 2.44. The van der Waals surface area contributed by atoms with Crippen LogP contribution in [0.3, 0.4) is 0 Å². The van der Waals surface area contributed by atoms with Crippen LogP contribution in [0.15, 0.2) is 0 Å². The minimum absolute atomic E-state index is 0.215. The average Bonchev–Trinajstić information content (AvgIpc) is 2.32. The number of carbonyl (C=O) groups is 2. The fraction of sp³-hybridized carbons (Fsp3) is 0.778. The predicted octanol–water partition coefficient (Wildman–Crippen LogP) is -2.28. The van der Waals surface area contributed by atoms with Gasteiger partial charge in [0.1, 0.15) is 15.9 Å². The Morgan fingerprint density at radius 2 is 1.71 bits per heavy atom. The molecule has 0 saturated carbocycles. The second kappa shape index (κ2) is 8.14. The van der Waals surface area contributed by atoms with Crippen molar-refractivity contribution in [3.05, 3.63) is 0 Å². The Labute approximate surface area is 123 Å². The maximum absolute atomic E-state index is 11.4. The molecule has 0 aromatic rings. The SMILES string of the molecule is CNS(=O)(=O)CCNC(=O)NC(CCS(C)(=O)=O)C(=O)O. The summed E-state index contributed by atoms with van der Waals surface area (Å²) in [5.41, 5.74) is 0. The third kappa shape index (κ3) is 10.0. The zero-order valence-corrected chi connectivity index (χ0v) is 13.3. The highest BCUT2D eigenvalue weighted by molar-refractivity contribution is 7.90. The molecule has 1 unspecified atom stereocenters. The smallest absolute Gasteiger partial charge is 0.326 e. The molecule has 0 spiro atoms. The number of hydrogen-bond acceptors (Lipinski definition) is 6. The molecule has 0 bridgehead atoms. The second-order valence-corrected chi connectivity index (χ2v) is 8.54. The molecule has 0 radical (unpaired) electrons. The van der Waals surface area contributed by atoms with E-state index in [1.54, 1.807) is 0 Å². The third-order valence-corrected chi connectivity index (χ3v) is 4.69. The fourth-order valence-electron chi connectivity index (χ4n) is 1.20. The molecule has 1 atom stereocenters. The van der Waals surface area contributed by atoms with Crippen LogP contribution in [-0.4, -0.2) is 71.3 Å². The third-order valence-electron chi connectivity index (χ3n) is 2.35. The molecule has 0 heterocycles. The number of sulfonamides is 1. The molecule has 4 N–H and O–H groups in total. The van der Waals surface area contributed by atoms with E-state index in [9.17, 15) is 26.4 Å².